The lowest BCUT2D eigenvalue weighted by Gasteiger charge is -2.27. The van der Waals surface area contributed by atoms with Crippen LogP contribution in [0.2, 0.25) is 0 Å². The summed E-state index contributed by atoms with van der Waals surface area (Å²) in [4.78, 5) is 12.8. The van der Waals surface area contributed by atoms with Crippen molar-refractivity contribution in [1.82, 2.24) is 15.6 Å². The molecule has 3 aliphatic rings. The third-order valence-corrected chi connectivity index (χ3v) is 6.84. The zero-order valence-corrected chi connectivity index (χ0v) is 13.4. The van der Waals surface area contributed by atoms with E-state index in [2.05, 4.69) is 15.6 Å². The molecule has 8 heteroatoms. The minimum Gasteiger partial charge on any atom is -0.361 e. The zero-order chi connectivity index (χ0) is 16.5. The molecule has 2 aliphatic heterocycles. The van der Waals surface area contributed by atoms with Crippen LogP contribution >= 0.6 is 0 Å². The lowest BCUT2D eigenvalue weighted by molar-refractivity contribution is -0.115. The van der Waals surface area contributed by atoms with Gasteiger partial charge >= 0.3 is 0 Å². The molecule has 1 aromatic heterocycles. The summed E-state index contributed by atoms with van der Waals surface area (Å²) >= 11 is 0. The van der Waals surface area contributed by atoms with Crippen molar-refractivity contribution in [2.24, 2.45) is 0 Å². The van der Waals surface area contributed by atoms with E-state index in [1.807, 2.05) is 0 Å². The second kappa shape index (κ2) is 4.54. The Morgan fingerprint density at radius 1 is 1.08 bits per heavy atom. The summed E-state index contributed by atoms with van der Waals surface area (Å²) in [7, 11) is -3.38. The smallest absolute Gasteiger partial charge is 0.177 e. The normalized spacial score (nSPS) is 25.2. The lowest BCUT2D eigenvalue weighted by Crippen LogP contribution is -2.26. The van der Waals surface area contributed by atoms with Crippen LogP contribution < -0.4 is 5.32 Å². The number of dihydropyridines is 1. The van der Waals surface area contributed by atoms with Gasteiger partial charge in [-0.2, -0.15) is 0 Å². The number of hydrogen-bond acceptors (Lipinski definition) is 7. The number of nitrogens with one attached hydrogen (secondary N) is 1. The molecule has 1 aliphatic carbocycles. The Balaban J connectivity index is 1.77. The summed E-state index contributed by atoms with van der Waals surface area (Å²) in [6.45, 7) is 0. The molecule has 0 bridgehead atoms. The van der Waals surface area contributed by atoms with Crippen LogP contribution in [0.15, 0.2) is 44.7 Å². The van der Waals surface area contributed by atoms with Crippen LogP contribution in [0.4, 0.5) is 0 Å². The highest BCUT2D eigenvalue weighted by molar-refractivity contribution is 7.95. The monoisotopic (exact) mass is 343 g/mol. The van der Waals surface area contributed by atoms with Gasteiger partial charge in [0.1, 0.15) is 11.0 Å². The molecule has 1 unspecified atom stereocenters. The average molecular weight is 343 g/mol. The molecular weight excluding hydrogens is 330 g/mol. The molecule has 2 aromatic rings. The lowest BCUT2D eigenvalue weighted by atomic mass is 9.86. The van der Waals surface area contributed by atoms with Gasteiger partial charge in [0.05, 0.1) is 16.6 Å². The van der Waals surface area contributed by atoms with Gasteiger partial charge < -0.3 is 5.32 Å². The van der Waals surface area contributed by atoms with E-state index in [0.29, 0.717) is 40.8 Å². The number of carbonyl (C=O) groups is 1. The highest BCUT2D eigenvalue weighted by Gasteiger charge is 2.45. The Hall–Kier alpha value is -2.48. The van der Waals surface area contributed by atoms with Gasteiger partial charge in [-0.05, 0) is 34.4 Å². The number of fused-ring (bicyclic) bond motifs is 1. The topological polar surface area (TPSA) is 102 Å². The molecular formula is C16H13N3O4S. The number of ketones is 1. The van der Waals surface area contributed by atoms with E-state index in [0.717, 1.165) is 17.0 Å². The van der Waals surface area contributed by atoms with Crippen LogP contribution in [-0.4, -0.2) is 30.3 Å². The fraction of sp³-hybridized carbons (Fsp3) is 0.312. The first-order valence-electron chi connectivity index (χ1n) is 7.76. The summed E-state index contributed by atoms with van der Waals surface area (Å²) in [6, 6.07) is 5.30. The first kappa shape index (κ1) is 13.9. The Bertz CT molecular complexity index is 1080. The van der Waals surface area contributed by atoms with E-state index in [9.17, 15) is 13.2 Å². The summed E-state index contributed by atoms with van der Waals surface area (Å²) in [6.07, 6.45) is 1.52. The maximum atomic E-state index is 12.6. The molecule has 122 valence electrons. The standard InChI is InChI=1S/C16H13N3O4S/c20-13-4-3-10-15(13)14(16-11(17-10)5-6-24(16,21)22)8-1-2-9-12(7-8)19-23-18-9/h1-2,7,14,17H,3-6H2. The number of allylic oxidation sites excluding steroid dienone is 4. The summed E-state index contributed by atoms with van der Waals surface area (Å²) < 4.78 is 29.9. The van der Waals surface area contributed by atoms with Gasteiger partial charge in [-0.15, -0.1) is 0 Å². The van der Waals surface area contributed by atoms with E-state index < -0.39 is 15.8 Å². The van der Waals surface area contributed by atoms with Crippen molar-refractivity contribution < 1.29 is 17.8 Å². The van der Waals surface area contributed by atoms with Crippen molar-refractivity contribution in [3.05, 3.63) is 45.6 Å². The number of aromatic nitrogens is 2. The summed E-state index contributed by atoms with van der Waals surface area (Å²) in [5.74, 6) is -0.460. The van der Waals surface area contributed by atoms with E-state index in [1.165, 1.54) is 0 Å². The number of Topliss-reactive ketones (excluding diaryl/α,β-unsaturated/α-hetero) is 1. The van der Waals surface area contributed by atoms with E-state index in [4.69, 9.17) is 4.63 Å². The van der Waals surface area contributed by atoms with Crippen molar-refractivity contribution in [1.29, 1.82) is 0 Å². The number of carbonyl (C=O) groups excluding carboxylic acids is 1. The van der Waals surface area contributed by atoms with Gasteiger partial charge in [-0.1, -0.05) is 6.07 Å². The molecule has 5 rings (SSSR count). The molecule has 1 atom stereocenters. The maximum absolute atomic E-state index is 12.6. The maximum Gasteiger partial charge on any atom is 0.177 e. The Labute approximate surface area is 137 Å². The minimum atomic E-state index is -3.38. The highest BCUT2D eigenvalue weighted by Crippen LogP contribution is 2.48. The Kier molecular flexibility index (Phi) is 2.63. The number of rotatable bonds is 1. The average Bonchev–Trinajstić information content (AvgIpc) is 3.24. The zero-order valence-electron chi connectivity index (χ0n) is 12.6. The third kappa shape index (κ3) is 1.77. The number of sulfone groups is 1. The quantitative estimate of drug-likeness (QED) is 0.838. The van der Waals surface area contributed by atoms with Gasteiger partial charge in [0.15, 0.2) is 15.6 Å². The van der Waals surface area contributed by atoms with Crippen LogP contribution in [-0.2, 0) is 14.6 Å². The number of hydrogen-bond donors (Lipinski definition) is 1. The van der Waals surface area contributed by atoms with Gasteiger partial charge in [0.2, 0.25) is 0 Å². The predicted molar refractivity (Wildman–Crippen MR) is 84.4 cm³/mol. The van der Waals surface area contributed by atoms with Gasteiger partial charge in [0.25, 0.3) is 0 Å². The largest absolute Gasteiger partial charge is 0.361 e. The Morgan fingerprint density at radius 3 is 2.79 bits per heavy atom. The van der Waals surface area contributed by atoms with Crippen LogP contribution in [0.5, 0.6) is 0 Å². The number of benzene rings is 1. The first-order chi connectivity index (χ1) is 11.5. The third-order valence-electron chi connectivity index (χ3n) is 4.94. The molecule has 0 spiro atoms. The molecule has 24 heavy (non-hydrogen) atoms. The van der Waals surface area contributed by atoms with Crippen LogP contribution in [0.3, 0.4) is 0 Å². The summed E-state index contributed by atoms with van der Waals surface area (Å²) in [5.41, 5.74) is 4.06. The fourth-order valence-electron chi connectivity index (χ4n) is 3.89. The number of nitrogens with zero attached hydrogens (tertiary/aromatic N) is 2. The van der Waals surface area contributed by atoms with Gasteiger partial charge in [-0.25, -0.2) is 13.0 Å². The van der Waals surface area contributed by atoms with Gasteiger partial charge in [-0.3, -0.25) is 4.79 Å². The molecule has 0 saturated carbocycles. The predicted octanol–water partition coefficient (Wildman–Crippen LogP) is 1.56. The molecule has 7 nitrogen and oxygen atoms in total. The summed E-state index contributed by atoms with van der Waals surface area (Å²) in [5, 5.41) is 10.8. The van der Waals surface area contributed by atoms with Gasteiger partial charge in [0, 0.05) is 29.8 Å². The van der Waals surface area contributed by atoms with Crippen molar-refractivity contribution in [3.63, 3.8) is 0 Å². The Morgan fingerprint density at radius 2 is 1.92 bits per heavy atom. The molecule has 0 radical (unpaired) electrons. The molecule has 0 amide bonds. The van der Waals surface area contributed by atoms with Crippen molar-refractivity contribution in [2.45, 2.75) is 25.2 Å². The first-order valence-corrected chi connectivity index (χ1v) is 9.41. The molecule has 1 N–H and O–H groups in total. The molecule has 0 saturated heterocycles. The molecule has 3 heterocycles. The van der Waals surface area contributed by atoms with Crippen molar-refractivity contribution in [2.75, 3.05) is 5.75 Å². The van der Waals surface area contributed by atoms with Crippen LogP contribution in [0, 0.1) is 0 Å². The van der Waals surface area contributed by atoms with Crippen molar-refractivity contribution >= 4 is 26.7 Å². The van der Waals surface area contributed by atoms with Crippen LogP contribution in [0.25, 0.3) is 11.0 Å². The van der Waals surface area contributed by atoms with Crippen molar-refractivity contribution in [3.8, 4) is 0 Å². The fourth-order valence-corrected chi connectivity index (χ4v) is 5.72. The highest BCUT2D eigenvalue weighted by atomic mass is 32.2. The van der Waals surface area contributed by atoms with E-state index in [-0.39, 0.29) is 11.5 Å². The SMILES string of the molecule is O=C1CCC2=C1C(c1ccc3nonc3c1)C1=C(CCS1(=O)=O)N2. The molecule has 0 fully saturated rings. The second-order valence-electron chi connectivity index (χ2n) is 6.30. The second-order valence-corrected chi connectivity index (χ2v) is 8.38. The van der Waals surface area contributed by atoms with E-state index >= 15 is 0 Å². The van der Waals surface area contributed by atoms with E-state index in [1.54, 1.807) is 18.2 Å². The molecule has 1 aromatic carbocycles. The van der Waals surface area contributed by atoms with Crippen LogP contribution in [0.1, 0.15) is 30.7 Å². The minimum absolute atomic E-state index is 0.00882.